The number of carbonyl (C=O) groups is 2. The van der Waals surface area contributed by atoms with E-state index in [1.807, 2.05) is 0 Å². The number of likely N-dealkylation sites (tertiary alicyclic amines) is 1. The largest absolute Gasteiger partial charge is 0.368 e. The molecule has 0 aromatic carbocycles. The minimum atomic E-state index is -0.379. The van der Waals surface area contributed by atoms with Gasteiger partial charge in [-0.2, -0.15) is 0 Å². The Morgan fingerprint density at radius 2 is 2.00 bits per heavy atom. The quantitative estimate of drug-likeness (QED) is 0.771. The van der Waals surface area contributed by atoms with Gasteiger partial charge in [-0.25, -0.2) is 0 Å². The topological polar surface area (TPSA) is 78.7 Å². The molecular weight excluding hydrogens is 292 g/mol. The maximum atomic E-state index is 12.1. The minimum absolute atomic E-state index is 0.0543. The molecule has 6 heteroatoms. The highest BCUT2D eigenvalue weighted by atomic mass is 16.2. The Labute approximate surface area is 138 Å². The van der Waals surface area contributed by atoms with Crippen molar-refractivity contribution in [2.45, 2.75) is 69.5 Å². The second-order valence-corrected chi connectivity index (χ2v) is 7.51. The lowest BCUT2D eigenvalue weighted by Gasteiger charge is -2.44. The predicted molar refractivity (Wildman–Crippen MR) is 88.8 cm³/mol. The van der Waals surface area contributed by atoms with Gasteiger partial charge in [-0.3, -0.25) is 14.5 Å². The van der Waals surface area contributed by atoms with Crippen LogP contribution < -0.4 is 11.1 Å². The molecular formula is C17H30N4O2. The van der Waals surface area contributed by atoms with Gasteiger partial charge in [0.15, 0.2) is 0 Å². The van der Waals surface area contributed by atoms with Crippen molar-refractivity contribution in [3.05, 3.63) is 0 Å². The first kappa shape index (κ1) is 16.7. The lowest BCUT2D eigenvalue weighted by Crippen LogP contribution is -2.59. The highest BCUT2D eigenvalue weighted by molar-refractivity contribution is 5.85. The summed E-state index contributed by atoms with van der Waals surface area (Å²) in [6.07, 6.45) is 7.47. The summed E-state index contributed by atoms with van der Waals surface area (Å²) < 4.78 is 0. The van der Waals surface area contributed by atoms with Gasteiger partial charge in [0.25, 0.3) is 0 Å². The van der Waals surface area contributed by atoms with Crippen LogP contribution in [0.4, 0.5) is 0 Å². The number of amides is 2. The van der Waals surface area contributed by atoms with Gasteiger partial charge in [0.05, 0.1) is 0 Å². The molecule has 0 aliphatic carbocycles. The van der Waals surface area contributed by atoms with E-state index >= 15 is 0 Å². The molecule has 3 aliphatic heterocycles. The summed E-state index contributed by atoms with van der Waals surface area (Å²) in [7, 11) is 0. The zero-order chi connectivity index (χ0) is 16.4. The van der Waals surface area contributed by atoms with Crippen LogP contribution in [-0.4, -0.2) is 65.4 Å². The van der Waals surface area contributed by atoms with Gasteiger partial charge in [0.2, 0.25) is 11.8 Å². The normalized spacial score (nSPS) is 35.2. The number of hydrogen-bond acceptors (Lipinski definition) is 4. The molecule has 3 heterocycles. The Kier molecular flexibility index (Phi) is 4.92. The minimum Gasteiger partial charge on any atom is -0.368 e. The van der Waals surface area contributed by atoms with Gasteiger partial charge < -0.3 is 16.0 Å². The zero-order valence-electron chi connectivity index (χ0n) is 14.2. The van der Waals surface area contributed by atoms with Gasteiger partial charge in [0.1, 0.15) is 5.54 Å². The molecule has 0 aromatic rings. The number of rotatable bonds is 5. The van der Waals surface area contributed by atoms with Crippen molar-refractivity contribution in [1.29, 1.82) is 0 Å². The average molecular weight is 322 g/mol. The predicted octanol–water partition coefficient (Wildman–Crippen LogP) is 0.459. The summed E-state index contributed by atoms with van der Waals surface area (Å²) in [5, 5.41) is 3.04. The molecule has 0 aromatic heterocycles. The van der Waals surface area contributed by atoms with E-state index in [1.54, 1.807) is 6.92 Å². The van der Waals surface area contributed by atoms with Crippen molar-refractivity contribution >= 4 is 11.8 Å². The summed E-state index contributed by atoms with van der Waals surface area (Å²) in [4.78, 5) is 28.2. The highest BCUT2D eigenvalue weighted by Crippen LogP contribution is 2.43. The van der Waals surface area contributed by atoms with Crippen LogP contribution in [0.5, 0.6) is 0 Å². The fourth-order valence-electron chi connectivity index (χ4n) is 4.95. The van der Waals surface area contributed by atoms with E-state index in [0.717, 1.165) is 64.7 Å². The Hall–Kier alpha value is -1.14. The van der Waals surface area contributed by atoms with Gasteiger partial charge in [-0.1, -0.05) is 0 Å². The van der Waals surface area contributed by atoms with Crippen molar-refractivity contribution in [1.82, 2.24) is 15.1 Å². The van der Waals surface area contributed by atoms with E-state index in [9.17, 15) is 9.59 Å². The molecule has 0 unspecified atom stereocenters. The summed E-state index contributed by atoms with van der Waals surface area (Å²) in [6, 6.07) is 0.802. The van der Waals surface area contributed by atoms with Gasteiger partial charge in [-0.05, 0) is 51.5 Å². The molecule has 6 nitrogen and oxygen atoms in total. The van der Waals surface area contributed by atoms with Gasteiger partial charge in [0, 0.05) is 38.6 Å². The lowest BCUT2D eigenvalue weighted by molar-refractivity contribution is -0.131. The third kappa shape index (κ3) is 3.38. The van der Waals surface area contributed by atoms with Crippen LogP contribution in [0, 0.1) is 0 Å². The van der Waals surface area contributed by atoms with Gasteiger partial charge in [-0.15, -0.1) is 0 Å². The zero-order valence-corrected chi connectivity index (χ0v) is 14.2. The van der Waals surface area contributed by atoms with Crippen molar-refractivity contribution < 1.29 is 9.59 Å². The molecule has 3 saturated heterocycles. The standard InChI is InChI=1S/C17H30N4O2/c1-13(22)19-14-4-3-9-20(12-14)10-11-21-15-5-2-7-17(21,8-6-15)16(18)23/h14-15H,2-12H2,1H3,(H2,18,23)(H,19,22)/t14-,15-,17+/m1/s1. The molecule has 2 amide bonds. The molecule has 3 fully saturated rings. The Balaban J connectivity index is 1.57. The molecule has 2 bridgehead atoms. The van der Waals surface area contributed by atoms with Crippen LogP contribution in [0.1, 0.15) is 51.9 Å². The number of primary amides is 1. The van der Waals surface area contributed by atoms with Crippen molar-refractivity contribution in [2.24, 2.45) is 5.73 Å². The van der Waals surface area contributed by atoms with Crippen LogP contribution in [0.3, 0.4) is 0 Å². The van der Waals surface area contributed by atoms with Crippen LogP contribution >= 0.6 is 0 Å². The first-order valence-electron chi connectivity index (χ1n) is 9.07. The smallest absolute Gasteiger partial charge is 0.237 e. The molecule has 0 radical (unpaired) electrons. The van der Waals surface area contributed by atoms with Crippen molar-refractivity contribution in [3.63, 3.8) is 0 Å². The molecule has 3 atom stereocenters. The van der Waals surface area contributed by atoms with E-state index < -0.39 is 0 Å². The molecule has 0 saturated carbocycles. The second-order valence-electron chi connectivity index (χ2n) is 7.51. The number of fused-ring (bicyclic) bond motifs is 2. The molecule has 3 N–H and O–H groups in total. The number of hydrogen-bond donors (Lipinski definition) is 2. The van der Waals surface area contributed by atoms with E-state index in [4.69, 9.17) is 5.73 Å². The molecule has 130 valence electrons. The van der Waals surface area contributed by atoms with Crippen molar-refractivity contribution in [2.75, 3.05) is 26.2 Å². The molecule has 3 aliphatic rings. The summed E-state index contributed by atoms with van der Waals surface area (Å²) >= 11 is 0. The monoisotopic (exact) mass is 322 g/mol. The Morgan fingerprint density at radius 3 is 2.74 bits per heavy atom. The van der Waals surface area contributed by atoms with E-state index in [2.05, 4.69) is 15.1 Å². The Bertz CT molecular complexity index is 466. The number of piperidine rings is 2. The molecule has 23 heavy (non-hydrogen) atoms. The van der Waals surface area contributed by atoms with Crippen molar-refractivity contribution in [3.8, 4) is 0 Å². The number of nitrogens with two attached hydrogens (primary N) is 1. The lowest BCUT2D eigenvalue weighted by atomic mass is 9.87. The maximum Gasteiger partial charge on any atom is 0.237 e. The van der Waals surface area contributed by atoms with Crippen LogP contribution in [0.2, 0.25) is 0 Å². The first-order chi connectivity index (χ1) is 11.0. The average Bonchev–Trinajstić information content (AvgIpc) is 2.70. The first-order valence-corrected chi connectivity index (χ1v) is 9.07. The third-order valence-electron chi connectivity index (χ3n) is 6.04. The Morgan fingerprint density at radius 1 is 1.17 bits per heavy atom. The van der Waals surface area contributed by atoms with E-state index in [-0.39, 0.29) is 23.4 Å². The van der Waals surface area contributed by atoms with E-state index in [1.165, 1.54) is 6.42 Å². The highest BCUT2D eigenvalue weighted by Gasteiger charge is 2.52. The summed E-state index contributed by atoms with van der Waals surface area (Å²) in [5.74, 6) is -0.0759. The summed E-state index contributed by atoms with van der Waals surface area (Å²) in [5.41, 5.74) is 5.39. The van der Waals surface area contributed by atoms with Crippen LogP contribution in [0.15, 0.2) is 0 Å². The summed E-state index contributed by atoms with van der Waals surface area (Å²) in [6.45, 7) is 5.46. The number of nitrogens with zero attached hydrogens (tertiary/aromatic N) is 2. The number of nitrogens with one attached hydrogen (secondary N) is 1. The fraction of sp³-hybridized carbons (Fsp3) is 0.882. The molecule has 0 spiro atoms. The number of carbonyl (C=O) groups excluding carboxylic acids is 2. The van der Waals surface area contributed by atoms with Gasteiger partial charge >= 0.3 is 0 Å². The van der Waals surface area contributed by atoms with Crippen LogP contribution in [-0.2, 0) is 9.59 Å². The SMILES string of the molecule is CC(=O)N[C@@H]1CCCN(CCN2[C@@H]3CCC[C@@]2(C(N)=O)CC3)C1. The maximum absolute atomic E-state index is 12.1. The molecule has 3 rings (SSSR count). The second kappa shape index (κ2) is 6.77. The third-order valence-corrected chi connectivity index (χ3v) is 6.04. The fourth-order valence-corrected chi connectivity index (χ4v) is 4.95. The van der Waals surface area contributed by atoms with E-state index in [0.29, 0.717) is 6.04 Å². The van der Waals surface area contributed by atoms with Crippen LogP contribution in [0.25, 0.3) is 0 Å².